The smallest absolute Gasteiger partial charge is 0.297 e. The van der Waals surface area contributed by atoms with E-state index in [1.807, 2.05) is 6.92 Å². The first-order valence-corrected chi connectivity index (χ1v) is 3.98. The SMILES string of the molecule is Cc1cc(-c2nc(Br)no2)on1. The lowest BCUT2D eigenvalue weighted by molar-refractivity contribution is 0.381. The Bertz CT molecular complexity index is 357. The molecule has 0 saturated carbocycles. The molecule has 2 aromatic rings. The van der Waals surface area contributed by atoms with Crippen molar-refractivity contribution in [2.24, 2.45) is 0 Å². The molecule has 0 aliphatic rings. The van der Waals surface area contributed by atoms with Crippen LogP contribution in [-0.4, -0.2) is 15.3 Å². The van der Waals surface area contributed by atoms with Crippen molar-refractivity contribution in [2.75, 3.05) is 0 Å². The number of aromatic nitrogens is 3. The molecule has 0 fully saturated rings. The van der Waals surface area contributed by atoms with Crippen LogP contribution in [0.5, 0.6) is 0 Å². The molecule has 0 atom stereocenters. The number of aryl methyl sites for hydroxylation is 1. The quantitative estimate of drug-likeness (QED) is 0.747. The normalized spacial score (nSPS) is 10.5. The summed E-state index contributed by atoms with van der Waals surface area (Å²) >= 11 is 3.06. The lowest BCUT2D eigenvalue weighted by Crippen LogP contribution is -1.70. The van der Waals surface area contributed by atoms with Gasteiger partial charge in [0.25, 0.3) is 5.89 Å². The number of hydrogen-bond donors (Lipinski definition) is 0. The van der Waals surface area contributed by atoms with E-state index < -0.39 is 0 Å². The highest BCUT2D eigenvalue weighted by Crippen LogP contribution is 2.18. The first-order chi connectivity index (χ1) is 5.75. The average molecular weight is 230 g/mol. The maximum atomic E-state index is 4.90. The lowest BCUT2D eigenvalue weighted by atomic mass is 10.4. The minimum Gasteiger partial charge on any atom is -0.351 e. The van der Waals surface area contributed by atoms with E-state index in [1.165, 1.54) is 0 Å². The largest absolute Gasteiger partial charge is 0.351 e. The van der Waals surface area contributed by atoms with Crippen molar-refractivity contribution >= 4 is 15.9 Å². The summed E-state index contributed by atoms with van der Waals surface area (Å²) in [6, 6.07) is 1.72. The van der Waals surface area contributed by atoms with Crippen molar-refractivity contribution in [2.45, 2.75) is 6.92 Å². The number of nitrogens with zero attached hydrogens (tertiary/aromatic N) is 3. The molecule has 0 radical (unpaired) electrons. The molecule has 0 aromatic carbocycles. The lowest BCUT2D eigenvalue weighted by Gasteiger charge is -1.78. The first-order valence-electron chi connectivity index (χ1n) is 3.18. The van der Waals surface area contributed by atoms with Crippen LogP contribution < -0.4 is 0 Å². The van der Waals surface area contributed by atoms with E-state index in [2.05, 4.69) is 31.2 Å². The summed E-state index contributed by atoms with van der Waals surface area (Å²) in [4.78, 5) is 3.90. The molecule has 0 saturated heterocycles. The van der Waals surface area contributed by atoms with Crippen molar-refractivity contribution in [3.05, 3.63) is 16.5 Å². The second-order valence-electron chi connectivity index (χ2n) is 2.20. The van der Waals surface area contributed by atoms with E-state index in [4.69, 9.17) is 9.05 Å². The Morgan fingerprint density at radius 1 is 1.33 bits per heavy atom. The van der Waals surface area contributed by atoms with Crippen molar-refractivity contribution in [1.82, 2.24) is 15.3 Å². The van der Waals surface area contributed by atoms with E-state index in [1.54, 1.807) is 6.07 Å². The van der Waals surface area contributed by atoms with Gasteiger partial charge >= 0.3 is 0 Å². The molecule has 0 unspecified atom stereocenters. The van der Waals surface area contributed by atoms with Crippen molar-refractivity contribution in [3.8, 4) is 11.7 Å². The molecule has 12 heavy (non-hydrogen) atoms. The predicted octanol–water partition coefficient (Wildman–Crippen LogP) is 1.80. The van der Waals surface area contributed by atoms with Crippen LogP contribution in [0.3, 0.4) is 0 Å². The Balaban J connectivity index is 2.43. The fourth-order valence-electron chi connectivity index (χ4n) is 0.770. The van der Waals surface area contributed by atoms with Gasteiger partial charge in [-0.05, 0) is 28.0 Å². The summed E-state index contributed by atoms with van der Waals surface area (Å²) in [7, 11) is 0. The molecule has 0 amide bonds. The molecule has 6 heteroatoms. The monoisotopic (exact) mass is 229 g/mol. The van der Waals surface area contributed by atoms with Gasteiger partial charge in [-0.15, -0.1) is 0 Å². The molecular formula is C6H4BrN3O2. The van der Waals surface area contributed by atoms with E-state index in [0.717, 1.165) is 5.69 Å². The Morgan fingerprint density at radius 2 is 2.17 bits per heavy atom. The zero-order chi connectivity index (χ0) is 8.55. The molecule has 0 aliphatic heterocycles. The molecule has 0 spiro atoms. The van der Waals surface area contributed by atoms with Crippen LogP contribution in [0, 0.1) is 6.92 Å². The second-order valence-corrected chi connectivity index (χ2v) is 2.91. The standard InChI is InChI=1S/C6H4BrN3O2/c1-3-2-4(11-9-3)5-8-6(7)10-12-5/h2H,1H3. The zero-order valence-corrected chi connectivity index (χ0v) is 7.70. The highest BCUT2D eigenvalue weighted by atomic mass is 79.9. The van der Waals surface area contributed by atoms with Crippen LogP contribution in [-0.2, 0) is 0 Å². The van der Waals surface area contributed by atoms with Crippen LogP contribution in [0.4, 0.5) is 0 Å². The molecule has 2 rings (SSSR count). The number of halogens is 1. The van der Waals surface area contributed by atoms with E-state index >= 15 is 0 Å². The fraction of sp³-hybridized carbons (Fsp3) is 0.167. The molecular weight excluding hydrogens is 226 g/mol. The van der Waals surface area contributed by atoms with Gasteiger partial charge in [0.2, 0.25) is 10.5 Å². The zero-order valence-electron chi connectivity index (χ0n) is 6.11. The summed E-state index contributed by atoms with van der Waals surface area (Å²) in [5.41, 5.74) is 0.777. The average Bonchev–Trinajstić information content (AvgIpc) is 2.58. The summed E-state index contributed by atoms with van der Waals surface area (Å²) < 4.78 is 10.1. The fourth-order valence-corrected chi connectivity index (χ4v) is 1.00. The van der Waals surface area contributed by atoms with Gasteiger partial charge in [0.15, 0.2) is 0 Å². The van der Waals surface area contributed by atoms with E-state index in [-0.39, 0.29) is 0 Å². The molecule has 2 aromatic heterocycles. The highest BCUT2D eigenvalue weighted by Gasteiger charge is 2.11. The predicted molar refractivity (Wildman–Crippen MR) is 42.2 cm³/mol. The summed E-state index contributed by atoms with van der Waals surface area (Å²) in [6.07, 6.45) is 0. The van der Waals surface area contributed by atoms with Gasteiger partial charge in [0, 0.05) is 6.07 Å². The Kier molecular flexibility index (Phi) is 1.69. The Hall–Kier alpha value is -1.17. The molecule has 2 heterocycles. The maximum Gasteiger partial charge on any atom is 0.297 e. The van der Waals surface area contributed by atoms with Gasteiger partial charge in [-0.1, -0.05) is 5.16 Å². The van der Waals surface area contributed by atoms with Gasteiger partial charge in [0.1, 0.15) is 0 Å². The van der Waals surface area contributed by atoms with Crippen molar-refractivity contribution < 1.29 is 9.05 Å². The van der Waals surface area contributed by atoms with Crippen LogP contribution >= 0.6 is 15.9 Å². The topological polar surface area (TPSA) is 65.0 Å². The van der Waals surface area contributed by atoms with Gasteiger partial charge < -0.3 is 9.05 Å². The Morgan fingerprint density at radius 3 is 2.67 bits per heavy atom. The number of rotatable bonds is 1. The Labute approximate surface area is 75.9 Å². The number of hydrogen-bond acceptors (Lipinski definition) is 5. The van der Waals surface area contributed by atoms with Crippen molar-refractivity contribution in [1.29, 1.82) is 0 Å². The minimum absolute atomic E-state index is 0.322. The second kappa shape index (κ2) is 2.71. The van der Waals surface area contributed by atoms with Crippen LogP contribution in [0.2, 0.25) is 0 Å². The minimum atomic E-state index is 0.322. The van der Waals surface area contributed by atoms with Crippen LogP contribution in [0.15, 0.2) is 19.8 Å². The van der Waals surface area contributed by atoms with Gasteiger partial charge in [0.05, 0.1) is 5.69 Å². The maximum absolute atomic E-state index is 4.90. The van der Waals surface area contributed by atoms with Gasteiger partial charge in [-0.25, -0.2) is 0 Å². The molecule has 62 valence electrons. The molecule has 0 aliphatic carbocycles. The van der Waals surface area contributed by atoms with Crippen LogP contribution in [0.25, 0.3) is 11.7 Å². The third-order valence-corrected chi connectivity index (χ3v) is 1.56. The summed E-state index contributed by atoms with van der Waals surface area (Å²) in [6.45, 7) is 1.82. The van der Waals surface area contributed by atoms with E-state index in [9.17, 15) is 0 Å². The van der Waals surface area contributed by atoms with Gasteiger partial charge in [-0.2, -0.15) is 4.98 Å². The van der Waals surface area contributed by atoms with E-state index in [0.29, 0.717) is 16.4 Å². The molecule has 0 N–H and O–H groups in total. The highest BCUT2D eigenvalue weighted by molar-refractivity contribution is 9.10. The van der Waals surface area contributed by atoms with Crippen LogP contribution in [0.1, 0.15) is 5.69 Å². The third kappa shape index (κ3) is 1.25. The summed E-state index contributed by atoms with van der Waals surface area (Å²) in [5, 5.41) is 7.23. The van der Waals surface area contributed by atoms with Gasteiger partial charge in [-0.3, -0.25) is 0 Å². The third-order valence-electron chi connectivity index (χ3n) is 1.24. The molecule has 0 bridgehead atoms. The summed E-state index contributed by atoms with van der Waals surface area (Å²) in [5.74, 6) is 0.799. The molecule has 5 nitrogen and oxygen atoms in total. The van der Waals surface area contributed by atoms with Crippen molar-refractivity contribution in [3.63, 3.8) is 0 Å². The first kappa shape index (κ1) is 7.48.